The quantitative estimate of drug-likeness (QED) is 0.632. The van der Waals surface area contributed by atoms with Crippen LogP contribution in [0.15, 0.2) is 42.5 Å². The number of hydrogen-bond acceptors (Lipinski definition) is 7. The Hall–Kier alpha value is -3.46. The Kier molecular flexibility index (Phi) is 5.85. The van der Waals surface area contributed by atoms with E-state index >= 15 is 0 Å². The Balaban J connectivity index is 1.46. The van der Waals surface area contributed by atoms with E-state index in [9.17, 15) is 9.59 Å². The molecular weight excluding hydrogens is 416 g/mol. The highest BCUT2D eigenvalue weighted by molar-refractivity contribution is 7.15. The fraction of sp³-hybridized carbons (Fsp3) is 0.273. The van der Waals surface area contributed by atoms with Crippen molar-refractivity contribution in [3.8, 4) is 11.5 Å². The molecule has 2 heterocycles. The summed E-state index contributed by atoms with van der Waals surface area (Å²) in [6, 6.07) is 12.8. The van der Waals surface area contributed by atoms with Gasteiger partial charge in [0, 0.05) is 36.2 Å². The number of ether oxygens (including phenoxy) is 2. The van der Waals surface area contributed by atoms with Crippen molar-refractivity contribution in [3.05, 3.63) is 58.6 Å². The molecule has 1 unspecified atom stereocenters. The Morgan fingerprint density at radius 2 is 1.77 bits per heavy atom. The van der Waals surface area contributed by atoms with Gasteiger partial charge in [0.15, 0.2) is 0 Å². The average molecular weight is 439 g/mol. The predicted molar refractivity (Wildman–Crippen MR) is 118 cm³/mol. The van der Waals surface area contributed by atoms with Gasteiger partial charge in [0.05, 0.1) is 14.2 Å². The maximum Gasteiger partial charge on any atom is 0.257 e. The van der Waals surface area contributed by atoms with Gasteiger partial charge in [0.1, 0.15) is 16.5 Å². The maximum atomic E-state index is 12.7. The van der Waals surface area contributed by atoms with Crippen molar-refractivity contribution >= 4 is 34.0 Å². The molecule has 1 N–H and O–H groups in total. The highest BCUT2D eigenvalue weighted by Crippen LogP contribution is 2.34. The summed E-state index contributed by atoms with van der Waals surface area (Å²) in [6.45, 7) is 2.55. The number of benzene rings is 2. The van der Waals surface area contributed by atoms with Crippen LogP contribution in [-0.4, -0.2) is 42.8 Å². The Labute approximate surface area is 183 Å². The number of aromatic nitrogens is 2. The second kappa shape index (κ2) is 8.73. The van der Waals surface area contributed by atoms with Crippen molar-refractivity contribution in [2.75, 3.05) is 31.0 Å². The Morgan fingerprint density at radius 1 is 1.10 bits per heavy atom. The zero-order valence-electron chi connectivity index (χ0n) is 17.4. The lowest BCUT2D eigenvalue weighted by Crippen LogP contribution is -2.24. The molecule has 9 heteroatoms. The highest BCUT2D eigenvalue weighted by Gasteiger charge is 2.34. The number of carbonyl (C=O) groups excluding carboxylic acids is 2. The molecule has 1 atom stereocenters. The zero-order chi connectivity index (χ0) is 22.0. The van der Waals surface area contributed by atoms with Gasteiger partial charge in [-0.2, -0.15) is 0 Å². The van der Waals surface area contributed by atoms with Crippen LogP contribution in [0.25, 0.3) is 0 Å². The zero-order valence-corrected chi connectivity index (χ0v) is 18.2. The number of nitrogens with zero attached hydrogens (tertiary/aromatic N) is 3. The summed E-state index contributed by atoms with van der Waals surface area (Å²) in [5, 5.41) is 12.2. The number of aryl methyl sites for hydroxylation is 1. The van der Waals surface area contributed by atoms with Gasteiger partial charge in [0.2, 0.25) is 11.0 Å². The van der Waals surface area contributed by atoms with Crippen LogP contribution in [-0.2, 0) is 4.79 Å². The van der Waals surface area contributed by atoms with Crippen LogP contribution in [0.4, 0.5) is 10.8 Å². The summed E-state index contributed by atoms with van der Waals surface area (Å²) < 4.78 is 10.4. The predicted octanol–water partition coefficient (Wildman–Crippen LogP) is 3.64. The van der Waals surface area contributed by atoms with Gasteiger partial charge in [-0.3, -0.25) is 14.9 Å². The first kappa shape index (κ1) is 20.8. The first-order chi connectivity index (χ1) is 15.0. The lowest BCUT2D eigenvalue weighted by atomic mass is 10.1. The number of amides is 2. The average Bonchev–Trinajstić information content (AvgIpc) is 3.40. The van der Waals surface area contributed by atoms with Gasteiger partial charge in [-0.1, -0.05) is 29.0 Å². The number of anilines is 2. The maximum absolute atomic E-state index is 12.7. The monoisotopic (exact) mass is 438 g/mol. The molecule has 0 bridgehead atoms. The van der Waals surface area contributed by atoms with E-state index in [0.717, 1.165) is 16.3 Å². The lowest BCUT2D eigenvalue weighted by molar-refractivity contribution is -0.117. The molecule has 4 rings (SSSR count). The molecular formula is C22H22N4O4S. The molecule has 8 nitrogen and oxygen atoms in total. The van der Waals surface area contributed by atoms with Crippen molar-refractivity contribution < 1.29 is 19.1 Å². The summed E-state index contributed by atoms with van der Waals surface area (Å²) in [4.78, 5) is 26.9. The largest absolute Gasteiger partial charge is 0.497 e. The lowest BCUT2D eigenvalue weighted by Gasteiger charge is -2.16. The van der Waals surface area contributed by atoms with Crippen LogP contribution in [0.5, 0.6) is 11.5 Å². The summed E-state index contributed by atoms with van der Waals surface area (Å²) in [5.74, 6) is 0.682. The number of hydrogen-bond donors (Lipinski definition) is 1. The molecule has 2 amide bonds. The summed E-state index contributed by atoms with van der Waals surface area (Å²) in [6.07, 6.45) is 0.365. The van der Waals surface area contributed by atoms with Gasteiger partial charge < -0.3 is 14.4 Å². The molecule has 1 aliphatic heterocycles. The van der Waals surface area contributed by atoms with Crippen molar-refractivity contribution in [1.82, 2.24) is 10.2 Å². The van der Waals surface area contributed by atoms with E-state index in [1.54, 1.807) is 23.1 Å². The van der Waals surface area contributed by atoms with Crippen molar-refractivity contribution in [1.29, 1.82) is 0 Å². The molecule has 0 aliphatic carbocycles. The van der Waals surface area contributed by atoms with Crippen LogP contribution >= 0.6 is 11.3 Å². The minimum absolute atomic E-state index is 0.0538. The number of methoxy groups -OCH3 is 2. The third kappa shape index (κ3) is 4.51. The number of rotatable bonds is 6. The molecule has 160 valence electrons. The smallest absolute Gasteiger partial charge is 0.257 e. The van der Waals surface area contributed by atoms with E-state index in [2.05, 4.69) is 15.5 Å². The van der Waals surface area contributed by atoms with Crippen LogP contribution in [0.2, 0.25) is 0 Å². The van der Waals surface area contributed by atoms with E-state index in [4.69, 9.17) is 9.47 Å². The first-order valence-corrected chi connectivity index (χ1v) is 10.5. The fourth-order valence-corrected chi connectivity index (χ4v) is 4.23. The van der Waals surface area contributed by atoms with Crippen molar-refractivity contribution in [2.24, 2.45) is 0 Å². The van der Waals surface area contributed by atoms with E-state index in [1.807, 2.05) is 31.2 Å². The molecule has 0 saturated carbocycles. The third-order valence-electron chi connectivity index (χ3n) is 5.09. The van der Waals surface area contributed by atoms with Gasteiger partial charge in [0.25, 0.3) is 5.91 Å². The van der Waals surface area contributed by atoms with Crippen LogP contribution < -0.4 is 19.7 Å². The first-order valence-electron chi connectivity index (χ1n) is 9.71. The van der Waals surface area contributed by atoms with Crippen LogP contribution in [0.3, 0.4) is 0 Å². The van der Waals surface area contributed by atoms with Crippen molar-refractivity contribution in [2.45, 2.75) is 19.3 Å². The molecule has 0 spiro atoms. The minimum Gasteiger partial charge on any atom is -0.497 e. The SMILES string of the molecule is COc1cc(OC)cc(C(=O)Nc2nnc(C3CC(=O)N(c4ccc(C)cc4)C3)s2)c1. The molecule has 1 saturated heterocycles. The van der Waals surface area contributed by atoms with Gasteiger partial charge in [-0.05, 0) is 31.2 Å². The Bertz CT molecular complexity index is 1090. The van der Waals surface area contributed by atoms with Gasteiger partial charge in [-0.25, -0.2) is 0 Å². The molecule has 0 radical (unpaired) electrons. The molecule has 3 aromatic rings. The van der Waals surface area contributed by atoms with E-state index in [-0.39, 0.29) is 17.7 Å². The van der Waals surface area contributed by atoms with Gasteiger partial charge >= 0.3 is 0 Å². The van der Waals surface area contributed by atoms with E-state index in [1.165, 1.54) is 25.6 Å². The second-order valence-corrected chi connectivity index (χ2v) is 8.25. The molecule has 2 aromatic carbocycles. The summed E-state index contributed by atoms with van der Waals surface area (Å²) >= 11 is 1.28. The number of carbonyl (C=O) groups is 2. The fourth-order valence-electron chi connectivity index (χ4n) is 3.41. The molecule has 1 aromatic heterocycles. The number of nitrogens with one attached hydrogen (secondary N) is 1. The van der Waals surface area contributed by atoms with E-state index < -0.39 is 0 Å². The van der Waals surface area contributed by atoms with Crippen molar-refractivity contribution in [3.63, 3.8) is 0 Å². The third-order valence-corrected chi connectivity index (χ3v) is 6.10. The summed E-state index contributed by atoms with van der Waals surface area (Å²) in [5.41, 5.74) is 2.41. The highest BCUT2D eigenvalue weighted by atomic mass is 32.1. The topological polar surface area (TPSA) is 93.6 Å². The molecule has 31 heavy (non-hydrogen) atoms. The Morgan fingerprint density at radius 3 is 2.42 bits per heavy atom. The summed E-state index contributed by atoms with van der Waals surface area (Å²) in [7, 11) is 3.05. The minimum atomic E-state index is -0.344. The van der Waals surface area contributed by atoms with Crippen LogP contribution in [0, 0.1) is 6.92 Å². The standard InChI is InChI=1S/C22H22N4O4S/c1-13-4-6-16(7-5-13)26-12-15(10-19(26)27)21-24-25-22(31-21)23-20(28)14-8-17(29-2)11-18(9-14)30-3/h4-9,11,15H,10,12H2,1-3H3,(H,23,25,28). The normalized spacial score (nSPS) is 15.8. The second-order valence-electron chi connectivity index (χ2n) is 7.24. The molecule has 1 fully saturated rings. The van der Waals surface area contributed by atoms with Crippen LogP contribution in [0.1, 0.15) is 33.3 Å². The molecule has 1 aliphatic rings. The van der Waals surface area contributed by atoms with Gasteiger partial charge in [-0.15, -0.1) is 10.2 Å². The van der Waals surface area contributed by atoms with E-state index in [0.29, 0.717) is 35.2 Å².